The molecule has 0 aliphatic rings. The highest BCUT2D eigenvalue weighted by molar-refractivity contribution is 9.10. The summed E-state index contributed by atoms with van der Waals surface area (Å²) >= 11 is 3.37. The average molecular weight is 318 g/mol. The molecule has 0 atom stereocenters. The molecule has 0 bridgehead atoms. The SMILES string of the molecule is O=C(N/N=C\c1cccc(Br)c1)Nc1ccccc1. The monoisotopic (exact) mass is 317 g/mol. The summed E-state index contributed by atoms with van der Waals surface area (Å²) in [6.07, 6.45) is 1.58. The topological polar surface area (TPSA) is 53.5 Å². The summed E-state index contributed by atoms with van der Waals surface area (Å²) in [5.74, 6) is 0. The molecule has 0 aromatic heterocycles. The molecule has 0 heterocycles. The van der Waals surface area contributed by atoms with E-state index in [9.17, 15) is 4.79 Å². The number of urea groups is 1. The van der Waals surface area contributed by atoms with Crippen molar-refractivity contribution in [3.63, 3.8) is 0 Å². The fourth-order valence-electron chi connectivity index (χ4n) is 1.43. The Balaban J connectivity index is 1.87. The maximum absolute atomic E-state index is 11.5. The maximum atomic E-state index is 11.5. The number of hydrogen-bond acceptors (Lipinski definition) is 2. The van der Waals surface area contributed by atoms with Gasteiger partial charge in [-0.2, -0.15) is 5.10 Å². The number of benzene rings is 2. The molecule has 5 heteroatoms. The lowest BCUT2D eigenvalue weighted by Gasteiger charge is -2.03. The fraction of sp³-hybridized carbons (Fsp3) is 0. The van der Waals surface area contributed by atoms with Crippen molar-refractivity contribution in [3.05, 3.63) is 64.6 Å². The number of nitrogens with zero attached hydrogens (tertiary/aromatic N) is 1. The standard InChI is InChI=1S/C14H12BrN3O/c15-12-6-4-5-11(9-12)10-16-18-14(19)17-13-7-2-1-3-8-13/h1-10H,(H2,17,18,19)/b16-10-. The number of anilines is 1. The van der Waals surface area contributed by atoms with E-state index in [4.69, 9.17) is 0 Å². The van der Waals surface area contributed by atoms with Gasteiger partial charge in [-0.15, -0.1) is 0 Å². The Morgan fingerprint density at radius 1 is 1.11 bits per heavy atom. The van der Waals surface area contributed by atoms with E-state index in [0.29, 0.717) is 0 Å². The van der Waals surface area contributed by atoms with E-state index < -0.39 is 0 Å². The quantitative estimate of drug-likeness (QED) is 0.659. The Labute approximate surface area is 119 Å². The van der Waals surface area contributed by atoms with Crippen LogP contribution in [-0.2, 0) is 0 Å². The molecule has 2 N–H and O–H groups in total. The highest BCUT2D eigenvalue weighted by atomic mass is 79.9. The van der Waals surface area contributed by atoms with Crippen molar-refractivity contribution in [1.82, 2.24) is 5.43 Å². The minimum Gasteiger partial charge on any atom is -0.307 e. The van der Waals surface area contributed by atoms with E-state index in [1.807, 2.05) is 42.5 Å². The van der Waals surface area contributed by atoms with Crippen LogP contribution in [0.25, 0.3) is 0 Å². The number of hydrazone groups is 1. The minimum absolute atomic E-state index is 0.377. The zero-order valence-electron chi connectivity index (χ0n) is 10.0. The first-order valence-corrected chi connectivity index (χ1v) is 6.44. The molecule has 96 valence electrons. The van der Waals surface area contributed by atoms with Crippen molar-refractivity contribution in [2.75, 3.05) is 5.32 Å². The van der Waals surface area contributed by atoms with Gasteiger partial charge in [0, 0.05) is 10.2 Å². The van der Waals surface area contributed by atoms with Crippen LogP contribution in [0.15, 0.2) is 64.2 Å². The lowest BCUT2D eigenvalue weighted by atomic mass is 10.2. The molecule has 0 saturated heterocycles. The number of hydrogen-bond donors (Lipinski definition) is 2. The highest BCUT2D eigenvalue weighted by Gasteiger charge is 1.98. The Kier molecular flexibility index (Phi) is 4.69. The van der Waals surface area contributed by atoms with Crippen LogP contribution in [0, 0.1) is 0 Å². The zero-order chi connectivity index (χ0) is 13.5. The molecule has 0 spiro atoms. The molecule has 2 aromatic carbocycles. The average Bonchev–Trinajstić information content (AvgIpc) is 2.40. The summed E-state index contributed by atoms with van der Waals surface area (Å²) in [6.45, 7) is 0. The van der Waals surface area contributed by atoms with E-state index in [1.165, 1.54) is 0 Å². The summed E-state index contributed by atoms with van der Waals surface area (Å²) in [4.78, 5) is 11.5. The van der Waals surface area contributed by atoms with Gasteiger partial charge < -0.3 is 5.32 Å². The van der Waals surface area contributed by atoms with Gasteiger partial charge in [0.25, 0.3) is 0 Å². The van der Waals surface area contributed by atoms with Crippen LogP contribution in [0.1, 0.15) is 5.56 Å². The molecule has 2 amide bonds. The largest absolute Gasteiger partial charge is 0.339 e. The lowest BCUT2D eigenvalue weighted by molar-refractivity contribution is 0.252. The molecule has 0 unspecified atom stereocenters. The number of halogens is 1. The molecule has 4 nitrogen and oxygen atoms in total. The van der Waals surface area contributed by atoms with E-state index >= 15 is 0 Å². The molecule has 0 radical (unpaired) electrons. The van der Waals surface area contributed by atoms with Crippen molar-refractivity contribution in [2.24, 2.45) is 5.10 Å². The number of rotatable bonds is 3. The number of carbonyl (C=O) groups is 1. The first-order valence-electron chi connectivity index (χ1n) is 5.65. The van der Waals surface area contributed by atoms with Gasteiger partial charge in [-0.05, 0) is 29.8 Å². The predicted molar refractivity (Wildman–Crippen MR) is 80.3 cm³/mol. The Hall–Kier alpha value is -2.14. The Morgan fingerprint density at radius 3 is 2.63 bits per heavy atom. The second-order valence-electron chi connectivity index (χ2n) is 3.75. The first kappa shape index (κ1) is 13.3. The van der Waals surface area contributed by atoms with Crippen LogP contribution in [-0.4, -0.2) is 12.2 Å². The summed E-state index contributed by atoms with van der Waals surface area (Å²) in [7, 11) is 0. The number of amides is 2. The van der Waals surface area contributed by atoms with Gasteiger partial charge in [0.05, 0.1) is 6.21 Å². The van der Waals surface area contributed by atoms with Gasteiger partial charge in [-0.1, -0.05) is 46.3 Å². The number of nitrogens with one attached hydrogen (secondary N) is 2. The van der Waals surface area contributed by atoms with Crippen LogP contribution >= 0.6 is 15.9 Å². The summed E-state index contributed by atoms with van der Waals surface area (Å²) in [5.41, 5.74) is 4.02. The molecule has 0 aliphatic heterocycles. The highest BCUT2D eigenvalue weighted by Crippen LogP contribution is 2.09. The van der Waals surface area contributed by atoms with Crippen molar-refractivity contribution in [1.29, 1.82) is 0 Å². The van der Waals surface area contributed by atoms with E-state index in [1.54, 1.807) is 18.3 Å². The maximum Gasteiger partial charge on any atom is 0.339 e. The third-order valence-electron chi connectivity index (χ3n) is 2.26. The van der Waals surface area contributed by atoms with Crippen LogP contribution in [0.4, 0.5) is 10.5 Å². The lowest BCUT2D eigenvalue weighted by Crippen LogP contribution is -2.24. The smallest absolute Gasteiger partial charge is 0.307 e. The molecule has 2 rings (SSSR count). The van der Waals surface area contributed by atoms with Crippen molar-refractivity contribution < 1.29 is 4.79 Å². The minimum atomic E-state index is -0.377. The Bertz CT molecular complexity index is 584. The van der Waals surface area contributed by atoms with Gasteiger partial charge in [0.15, 0.2) is 0 Å². The third kappa shape index (κ3) is 4.56. The second kappa shape index (κ2) is 6.70. The van der Waals surface area contributed by atoms with Crippen LogP contribution in [0.5, 0.6) is 0 Å². The van der Waals surface area contributed by atoms with Gasteiger partial charge in [-0.25, -0.2) is 10.2 Å². The van der Waals surface area contributed by atoms with Crippen molar-refractivity contribution >= 4 is 33.9 Å². The van der Waals surface area contributed by atoms with E-state index in [-0.39, 0.29) is 6.03 Å². The number of carbonyl (C=O) groups excluding carboxylic acids is 1. The van der Waals surface area contributed by atoms with Crippen molar-refractivity contribution in [3.8, 4) is 0 Å². The zero-order valence-corrected chi connectivity index (χ0v) is 11.6. The van der Waals surface area contributed by atoms with Crippen molar-refractivity contribution in [2.45, 2.75) is 0 Å². The molecular weight excluding hydrogens is 306 g/mol. The second-order valence-corrected chi connectivity index (χ2v) is 4.66. The summed E-state index contributed by atoms with van der Waals surface area (Å²) in [5, 5.41) is 6.54. The molecule has 0 saturated carbocycles. The van der Waals surface area contributed by atoms with E-state index in [2.05, 4.69) is 31.8 Å². The predicted octanol–water partition coefficient (Wildman–Crippen LogP) is 3.60. The Morgan fingerprint density at radius 2 is 1.89 bits per heavy atom. The molecule has 0 fully saturated rings. The summed E-state index contributed by atoms with van der Waals surface area (Å²) in [6, 6.07) is 16.4. The van der Waals surface area contributed by atoms with Gasteiger partial charge >= 0.3 is 6.03 Å². The fourth-order valence-corrected chi connectivity index (χ4v) is 1.85. The first-order chi connectivity index (χ1) is 9.24. The van der Waals surface area contributed by atoms with Crippen LogP contribution in [0.2, 0.25) is 0 Å². The molecule has 0 aliphatic carbocycles. The van der Waals surface area contributed by atoms with Gasteiger partial charge in [0.2, 0.25) is 0 Å². The molecule has 19 heavy (non-hydrogen) atoms. The van der Waals surface area contributed by atoms with Crippen LogP contribution in [0.3, 0.4) is 0 Å². The third-order valence-corrected chi connectivity index (χ3v) is 2.75. The molecule has 2 aromatic rings. The van der Waals surface area contributed by atoms with Gasteiger partial charge in [-0.3, -0.25) is 0 Å². The van der Waals surface area contributed by atoms with Crippen LogP contribution < -0.4 is 10.7 Å². The number of para-hydroxylation sites is 1. The summed E-state index contributed by atoms with van der Waals surface area (Å²) < 4.78 is 0.963. The van der Waals surface area contributed by atoms with E-state index in [0.717, 1.165) is 15.7 Å². The van der Waals surface area contributed by atoms with Gasteiger partial charge in [0.1, 0.15) is 0 Å². The normalized spacial score (nSPS) is 10.4. The molecular formula is C14H12BrN3O.